The third-order valence-electron chi connectivity index (χ3n) is 2.60. The van der Waals surface area contributed by atoms with Gasteiger partial charge in [-0.1, -0.05) is 30.3 Å². The van der Waals surface area contributed by atoms with E-state index >= 15 is 0 Å². The predicted octanol–water partition coefficient (Wildman–Crippen LogP) is 0.555. The molecule has 76 valence electrons. The molecule has 3 nitrogen and oxygen atoms in total. The Balaban J connectivity index is 1.99. The van der Waals surface area contributed by atoms with Crippen LogP contribution in [0.2, 0.25) is 0 Å². The SMILES string of the molecule is O[C@@H]1[C@H](Cc2ccccc2)CO[C@H]1O. The van der Waals surface area contributed by atoms with Crippen LogP contribution in [0.1, 0.15) is 5.56 Å². The average Bonchev–Trinajstić information content (AvgIpc) is 2.52. The Hall–Kier alpha value is -0.900. The summed E-state index contributed by atoms with van der Waals surface area (Å²) in [6, 6.07) is 9.91. The number of ether oxygens (including phenoxy) is 1. The van der Waals surface area contributed by atoms with E-state index in [4.69, 9.17) is 4.74 Å². The van der Waals surface area contributed by atoms with Crippen LogP contribution >= 0.6 is 0 Å². The van der Waals surface area contributed by atoms with Gasteiger partial charge in [-0.25, -0.2) is 0 Å². The molecule has 1 heterocycles. The Morgan fingerprint density at radius 3 is 2.50 bits per heavy atom. The van der Waals surface area contributed by atoms with Crippen LogP contribution in [0, 0.1) is 5.92 Å². The third-order valence-corrected chi connectivity index (χ3v) is 2.60. The summed E-state index contributed by atoms with van der Waals surface area (Å²) in [4.78, 5) is 0. The summed E-state index contributed by atoms with van der Waals surface area (Å²) >= 11 is 0. The molecule has 0 radical (unpaired) electrons. The molecule has 1 aromatic carbocycles. The first-order valence-electron chi connectivity index (χ1n) is 4.79. The van der Waals surface area contributed by atoms with Crippen molar-refractivity contribution in [3.8, 4) is 0 Å². The zero-order valence-corrected chi connectivity index (χ0v) is 7.84. The molecule has 0 saturated carbocycles. The molecule has 3 atom stereocenters. The Morgan fingerprint density at radius 2 is 1.93 bits per heavy atom. The molecular weight excluding hydrogens is 180 g/mol. The Kier molecular flexibility index (Phi) is 2.82. The van der Waals surface area contributed by atoms with Crippen molar-refractivity contribution < 1.29 is 14.9 Å². The summed E-state index contributed by atoms with van der Waals surface area (Å²) in [6.45, 7) is 0.428. The topological polar surface area (TPSA) is 49.7 Å². The molecule has 2 rings (SSSR count). The minimum Gasteiger partial charge on any atom is -0.387 e. The smallest absolute Gasteiger partial charge is 0.181 e. The zero-order valence-electron chi connectivity index (χ0n) is 7.84. The fourth-order valence-electron chi connectivity index (χ4n) is 1.75. The van der Waals surface area contributed by atoms with Gasteiger partial charge in [-0.2, -0.15) is 0 Å². The molecule has 0 amide bonds. The number of rotatable bonds is 2. The molecule has 3 heteroatoms. The number of benzene rings is 1. The molecule has 1 saturated heterocycles. The van der Waals surface area contributed by atoms with E-state index in [-0.39, 0.29) is 5.92 Å². The van der Waals surface area contributed by atoms with Crippen molar-refractivity contribution in [2.45, 2.75) is 18.8 Å². The molecule has 0 spiro atoms. The van der Waals surface area contributed by atoms with Crippen LogP contribution in [0.15, 0.2) is 30.3 Å². The van der Waals surface area contributed by atoms with Crippen molar-refractivity contribution in [2.24, 2.45) is 5.92 Å². The van der Waals surface area contributed by atoms with E-state index in [2.05, 4.69) is 0 Å². The maximum Gasteiger partial charge on any atom is 0.181 e. The molecule has 0 aromatic heterocycles. The first-order valence-corrected chi connectivity index (χ1v) is 4.79. The van der Waals surface area contributed by atoms with Crippen LogP contribution in [0.4, 0.5) is 0 Å². The van der Waals surface area contributed by atoms with Crippen LogP contribution in [-0.4, -0.2) is 29.2 Å². The highest BCUT2D eigenvalue weighted by Crippen LogP contribution is 2.22. The highest BCUT2D eigenvalue weighted by atomic mass is 16.6. The molecule has 14 heavy (non-hydrogen) atoms. The number of aliphatic hydroxyl groups is 2. The van der Waals surface area contributed by atoms with E-state index in [1.165, 1.54) is 0 Å². The Bertz CT molecular complexity index is 286. The summed E-state index contributed by atoms with van der Waals surface area (Å²) in [7, 11) is 0. The molecule has 0 aliphatic carbocycles. The van der Waals surface area contributed by atoms with E-state index in [0.717, 1.165) is 12.0 Å². The van der Waals surface area contributed by atoms with Crippen molar-refractivity contribution in [1.29, 1.82) is 0 Å². The standard InChI is InChI=1S/C11H14O3/c12-10-9(7-14-11(10)13)6-8-4-2-1-3-5-8/h1-5,9-13H,6-7H2/t9-,10-,11-/m1/s1. The molecule has 0 unspecified atom stereocenters. The molecule has 1 aromatic rings. The maximum atomic E-state index is 9.54. The van der Waals surface area contributed by atoms with Gasteiger partial charge in [-0.05, 0) is 12.0 Å². The quantitative estimate of drug-likeness (QED) is 0.723. The molecule has 2 N–H and O–H groups in total. The molecule has 1 aliphatic heterocycles. The number of hydrogen-bond donors (Lipinski definition) is 2. The highest BCUT2D eigenvalue weighted by Gasteiger charge is 2.34. The lowest BCUT2D eigenvalue weighted by Gasteiger charge is -2.13. The van der Waals surface area contributed by atoms with Crippen molar-refractivity contribution >= 4 is 0 Å². The fraction of sp³-hybridized carbons (Fsp3) is 0.455. The van der Waals surface area contributed by atoms with Crippen molar-refractivity contribution in [1.82, 2.24) is 0 Å². The second kappa shape index (κ2) is 4.09. The lowest BCUT2D eigenvalue weighted by atomic mass is 9.96. The van der Waals surface area contributed by atoms with E-state index in [0.29, 0.717) is 6.61 Å². The van der Waals surface area contributed by atoms with Crippen LogP contribution < -0.4 is 0 Å². The zero-order chi connectivity index (χ0) is 9.97. The van der Waals surface area contributed by atoms with Crippen molar-refractivity contribution in [2.75, 3.05) is 6.61 Å². The number of hydrogen-bond acceptors (Lipinski definition) is 3. The van der Waals surface area contributed by atoms with E-state index < -0.39 is 12.4 Å². The Morgan fingerprint density at radius 1 is 1.21 bits per heavy atom. The monoisotopic (exact) mass is 194 g/mol. The predicted molar refractivity (Wildman–Crippen MR) is 51.6 cm³/mol. The average molecular weight is 194 g/mol. The van der Waals surface area contributed by atoms with Crippen LogP contribution in [0.5, 0.6) is 0 Å². The van der Waals surface area contributed by atoms with E-state index in [1.54, 1.807) is 0 Å². The minimum absolute atomic E-state index is 0.00685. The van der Waals surface area contributed by atoms with Gasteiger partial charge in [0.15, 0.2) is 6.29 Å². The van der Waals surface area contributed by atoms with Gasteiger partial charge in [-0.15, -0.1) is 0 Å². The lowest BCUT2D eigenvalue weighted by molar-refractivity contribution is -0.109. The Labute approximate surface area is 83.0 Å². The van der Waals surface area contributed by atoms with Gasteiger partial charge in [0.1, 0.15) is 6.10 Å². The maximum absolute atomic E-state index is 9.54. The summed E-state index contributed by atoms with van der Waals surface area (Å²) in [6.07, 6.45) is -1.02. The van der Waals surface area contributed by atoms with Gasteiger partial charge in [-0.3, -0.25) is 0 Å². The van der Waals surface area contributed by atoms with Gasteiger partial charge >= 0.3 is 0 Å². The minimum atomic E-state index is -1.01. The van der Waals surface area contributed by atoms with Crippen LogP contribution in [-0.2, 0) is 11.2 Å². The molecule has 1 fully saturated rings. The van der Waals surface area contributed by atoms with Crippen molar-refractivity contribution in [3.05, 3.63) is 35.9 Å². The summed E-state index contributed by atoms with van der Waals surface area (Å²) in [5.74, 6) is 0.00685. The molecule has 0 bridgehead atoms. The van der Waals surface area contributed by atoms with Gasteiger partial charge in [0, 0.05) is 5.92 Å². The van der Waals surface area contributed by atoms with Crippen molar-refractivity contribution in [3.63, 3.8) is 0 Å². The van der Waals surface area contributed by atoms with Gasteiger partial charge in [0.25, 0.3) is 0 Å². The first kappa shape index (κ1) is 9.65. The second-order valence-electron chi connectivity index (χ2n) is 3.66. The van der Waals surface area contributed by atoms with E-state index in [9.17, 15) is 10.2 Å². The summed E-state index contributed by atoms with van der Waals surface area (Å²) < 4.78 is 4.96. The van der Waals surface area contributed by atoms with E-state index in [1.807, 2.05) is 30.3 Å². The van der Waals surface area contributed by atoms with Gasteiger partial charge in [0.05, 0.1) is 6.61 Å². The molecular formula is C11H14O3. The summed E-state index contributed by atoms with van der Waals surface area (Å²) in [5.41, 5.74) is 1.16. The first-order chi connectivity index (χ1) is 6.77. The highest BCUT2D eigenvalue weighted by molar-refractivity contribution is 5.15. The summed E-state index contributed by atoms with van der Waals surface area (Å²) in [5, 5.41) is 18.7. The van der Waals surface area contributed by atoms with Gasteiger partial charge in [0.2, 0.25) is 0 Å². The van der Waals surface area contributed by atoms with Crippen LogP contribution in [0.3, 0.4) is 0 Å². The fourth-order valence-corrected chi connectivity index (χ4v) is 1.75. The number of aliphatic hydroxyl groups excluding tert-OH is 2. The lowest BCUT2D eigenvalue weighted by Crippen LogP contribution is -2.27. The van der Waals surface area contributed by atoms with Gasteiger partial charge < -0.3 is 14.9 Å². The normalized spacial score (nSPS) is 32.0. The van der Waals surface area contributed by atoms with Crippen LogP contribution in [0.25, 0.3) is 0 Å². The third kappa shape index (κ3) is 1.95. The molecule has 1 aliphatic rings. The largest absolute Gasteiger partial charge is 0.387 e. The second-order valence-corrected chi connectivity index (χ2v) is 3.66.